The lowest BCUT2D eigenvalue weighted by molar-refractivity contribution is -0.892. The number of quaternary nitrogens is 2. The average Bonchev–Trinajstić information content (AvgIpc) is 2.84. The second kappa shape index (κ2) is 8.28. The van der Waals surface area contributed by atoms with Crippen LogP contribution in [0.15, 0.2) is 0 Å². The molecule has 0 radical (unpaired) electrons. The zero-order chi connectivity index (χ0) is 11.5. The van der Waals surface area contributed by atoms with Crippen LogP contribution in [0.5, 0.6) is 0 Å². The zero-order valence-electron chi connectivity index (χ0n) is 11.7. The van der Waals surface area contributed by atoms with E-state index in [2.05, 4.69) is 25.9 Å². The molecule has 106 valence electrons. The molecule has 18 heavy (non-hydrogen) atoms. The Morgan fingerprint density at radius 1 is 0.667 bits per heavy atom. The largest absolute Gasteiger partial charge is 1.00 e. The molecule has 0 unspecified atom stereocenters. The molecule has 0 spiro atoms. The summed E-state index contributed by atoms with van der Waals surface area (Å²) in [6.45, 7) is 7.48. The summed E-state index contributed by atoms with van der Waals surface area (Å²) >= 11 is 0. The molecule has 2 nitrogen and oxygen atoms in total. The van der Waals surface area contributed by atoms with Crippen LogP contribution in [-0.2, 0) is 0 Å². The Morgan fingerprint density at radius 3 is 1.22 bits per heavy atom. The van der Waals surface area contributed by atoms with E-state index in [0.29, 0.717) is 0 Å². The molecule has 0 saturated carbocycles. The molecular weight excluding hydrogens is 450 g/mol. The van der Waals surface area contributed by atoms with Gasteiger partial charge in [-0.25, -0.2) is 0 Å². The fourth-order valence-corrected chi connectivity index (χ4v) is 3.01. The Labute approximate surface area is 147 Å². The molecule has 0 aromatic heterocycles. The Morgan fingerprint density at radius 2 is 0.944 bits per heavy atom. The van der Waals surface area contributed by atoms with Gasteiger partial charge >= 0.3 is 0 Å². The summed E-state index contributed by atoms with van der Waals surface area (Å²) in [4.78, 5) is 0. The topological polar surface area (TPSA) is 0 Å². The van der Waals surface area contributed by atoms with Gasteiger partial charge in [-0.15, -0.1) is 0 Å². The van der Waals surface area contributed by atoms with Gasteiger partial charge in [0.2, 0.25) is 0 Å². The van der Waals surface area contributed by atoms with Crippen LogP contribution in [-0.4, -0.2) is 62.3 Å². The van der Waals surface area contributed by atoms with Crippen LogP contribution in [0.25, 0.3) is 0 Å². The maximum Gasteiger partial charge on any atom is 0.140 e. The smallest absolute Gasteiger partial charge is 0.140 e. The number of nitrogens with zero attached hydrogens (tertiary/aromatic N) is 2. The van der Waals surface area contributed by atoms with Crippen LogP contribution in [0.2, 0.25) is 0 Å². The van der Waals surface area contributed by atoms with Gasteiger partial charge in [0.15, 0.2) is 0 Å². The summed E-state index contributed by atoms with van der Waals surface area (Å²) < 4.78 is 2.38. The van der Waals surface area contributed by atoms with E-state index in [-0.39, 0.29) is 48.0 Å². The van der Waals surface area contributed by atoms with Crippen molar-refractivity contribution in [1.29, 1.82) is 0 Å². The molecule has 0 atom stereocenters. The standard InChI is InChI=1S/C14H26N2.2HI/c1-15(9-3-4-10-15)13-7-8-14-16(2)11-5-6-12-16;;/h3-6,9-14H2,1-2H3;2*1H/q+2;;/p-2. The fourth-order valence-electron chi connectivity index (χ4n) is 3.01. The van der Waals surface area contributed by atoms with Crippen LogP contribution in [0, 0.1) is 11.8 Å². The van der Waals surface area contributed by atoms with Crippen molar-refractivity contribution >= 4 is 0 Å². The predicted molar refractivity (Wildman–Crippen MR) is 67.8 cm³/mol. The number of halogens is 2. The maximum atomic E-state index is 3.43. The lowest BCUT2D eigenvalue weighted by Crippen LogP contribution is -3.00. The minimum atomic E-state index is 0. The van der Waals surface area contributed by atoms with Crippen molar-refractivity contribution in [1.82, 2.24) is 0 Å². The van der Waals surface area contributed by atoms with E-state index in [1.165, 1.54) is 60.8 Å². The number of rotatable bonds is 2. The molecule has 2 aliphatic heterocycles. The van der Waals surface area contributed by atoms with Gasteiger partial charge in [0.25, 0.3) is 0 Å². The van der Waals surface area contributed by atoms with Gasteiger partial charge in [0.05, 0.1) is 40.3 Å². The monoisotopic (exact) mass is 476 g/mol. The van der Waals surface area contributed by atoms with Crippen molar-refractivity contribution in [3.8, 4) is 11.8 Å². The second-order valence-electron chi connectivity index (χ2n) is 6.22. The highest BCUT2D eigenvalue weighted by Crippen LogP contribution is 2.16. The van der Waals surface area contributed by atoms with E-state index in [1.54, 1.807) is 0 Å². The first-order valence-corrected chi connectivity index (χ1v) is 6.75. The lowest BCUT2D eigenvalue weighted by Gasteiger charge is -2.27. The van der Waals surface area contributed by atoms with Gasteiger partial charge in [-0.2, -0.15) is 0 Å². The van der Waals surface area contributed by atoms with Crippen LogP contribution >= 0.6 is 0 Å². The molecule has 2 fully saturated rings. The van der Waals surface area contributed by atoms with Gasteiger partial charge in [-0.3, -0.25) is 0 Å². The van der Waals surface area contributed by atoms with Crippen molar-refractivity contribution < 1.29 is 56.9 Å². The van der Waals surface area contributed by atoms with Crippen LogP contribution < -0.4 is 48.0 Å². The Hall–Kier alpha value is 0.940. The molecule has 2 saturated heterocycles. The number of hydrogen-bond donors (Lipinski definition) is 0. The molecule has 0 amide bonds. The molecule has 0 aromatic carbocycles. The van der Waals surface area contributed by atoms with E-state index >= 15 is 0 Å². The predicted octanol–water partition coefficient (Wildman–Crippen LogP) is -4.52. The van der Waals surface area contributed by atoms with E-state index in [0.717, 1.165) is 13.1 Å². The first-order valence-electron chi connectivity index (χ1n) is 6.75. The molecule has 0 bridgehead atoms. The molecule has 2 aliphatic rings. The molecular formula is C14H26I2N2. The van der Waals surface area contributed by atoms with Gasteiger partial charge in [0.1, 0.15) is 13.1 Å². The fraction of sp³-hybridized carbons (Fsp3) is 0.857. The zero-order valence-corrected chi connectivity index (χ0v) is 16.0. The summed E-state index contributed by atoms with van der Waals surface area (Å²) in [5, 5.41) is 0. The normalized spacial score (nSPS) is 23.4. The molecule has 2 heterocycles. The van der Waals surface area contributed by atoms with Crippen LogP contribution in [0.3, 0.4) is 0 Å². The minimum Gasteiger partial charge on any atom is -1.00 e. The van der Waals surface area contributed by atoms with Crippen LogP contribution in [0.4, 0.5) is 0 Å². The van der Waals surface area contributed by atoms with Gasteiger partial charge in [0, 0.05) is 25.7 Å². The van der Waals surface area contributed by atoms with Gasteiger partial charge in [-0.1, -0.05) is 0 Å². The van der Waals surface area contributed by atoms with Gasteiger partial charge in [-0.05, 0) is 11.8 Å². The highest BCUT2D eigenvalue weighted by molar-refractivity contribution is 4.99. The number of likely N-dealkylation sites (tertiary alicyclic amines) is 2. The van der Waals surface area contributed by atoms with Crippen molar-refractivity contribution in [3.05, 3.63) is 0 Å². The van der Waals surface area contributed by atoms with E-state index in [1.807, 2.05) is 0 Å². The minimum absolute atomic E-state index is 0. The van der Waals surface area contributed by atoms with Crippen molar-refractivity contribution in [3.63, 3.8) is 0 Å². The summed E-state index contributed by atoms with van der Waals surface area (Å²) in [5.74, 6) is 6.85. The number of hydrogen-bond acceptors (Lipinski definition) is 0. The second-order valence-corrected chi connectivity index (χ2v) is 6.22. The third-order valence-electron chi connectivity index (χ3n) is 4.34. The van der Waals surface area contributed by atoms with Crippen molar-refractivity contribution in [2.24, 2.45) is 0 Å². The first-order chi connectivity index (χ1) is 7.62. The maximum absolute atomic E-state index is 3.43. The van der Waals surface area contributed by atoms with Crippen LogP contribution in [0.1, 0.15) is 25.7 Å². The molecule has 4 heteroatoms. The van der Waals surface area contributed by atoms with E-state index in [4.69, 9.17) is 0 Å². The summed E-state index contributed by atoms with van der Waals surface area (Å²) in [6.07, 6.45) is 5.58. The van der Waals surface area contributed by atoms with Crippen molar-refractivity contribution in [2.45, 2.75) is 25.7 Å². The molecule has 0 aromatic rings. The quantitative estimate of drug-likeness (QED) is 0.214. The third kappa shape index (κ3) is 5.51. The SMILES string of the molecule is C[N+]1(CC#CC[N+]2(C)CCCC2)CCCC1.[I-].[I-]. The summed E-state index contributed by atoms with van der Waals surface area (Å²) in [5.41, 5.74) is 0. The molecule has 0 aliphatic carbocycles. The van der Waals surface area contributed by atoms with Crippen molar-refractivity contribution in [2.75, 3.05) is 53.4 Å². The van der Waals surface area contributed by atoms with E-state index in [9.17, 15) is 0 Å². The van der Waals surface area contributed by atoms with E-state index < -0.39 is 0 Å². The third-order valence-corrected chi connectivity index (χ3v) is 4.34. The molecule has 2 rings (SSSR count). The summed E-state index contributed by atoms with van der Waals surface area (Å²) in [6, 6.07) is 0. The summed E-state index contributed by atoms with van der Waals surface area (Å²) in [7, 11) is 4.71. The Balaban J connectivity index is 0.00000144. The van der Waals surface area contributed by atoms with Gasteiger partial charge < -0.3 is 56.9 Å². The average molecular weight is 476 g/mol. The highest BCUT2D eigenvalue weighted by atomic mass is 127. The first kappa shape index (κ1) is 18.9. The molecule has 0 N–H and O–H groups in total. The highest BCUT2D eigenvalue weighted by Gasteiger charge is 2.26. The Bertz CT molecular complexity index is 267. The Kier molecular flexibility index (Phi) is 8.71. The lowest BCUT2D eigenvalue weighted by atomic mass is 10.4.